The van der Waals surface area contributed by atoms with Gasteiger partial charge in [0, 0.05) is 24.2 Å². The monoisotopic (exact) mass is 387 g/mol. The van der Waals surface area contributed by atoms with Crippen LogP contribution in [0.5, 0.6) is 0 Å². The lowest BCUT2D eigenvalue weighted by molar-refractivity contribution is 0.346. The molecule has 1 aromatic heterocycles. The Morgan fingerprint density at radius 3 is 2.19 bits per heavy atom. The van der Waals surface area contributed by atoms with Crippen molar-refractivity contribution >= 4 is 10.0 Å². The van der Waals surface area contributed by atoms with Crippen molar-refractivity contribution in [3.8, 4) is 22.8 Å². The minimum Gasteiger partial charge on any atom is -0.334 e. The zero-order chi connectivity index (χ0) is 18.9. The van der Waals surface area contributed by atoms with Gasteiger partial charge < -0.3 is 4.52 Å². The van der Waals surface area contributed by atoms with Crippen molar-refractivity contribution in [2.75, 3.05) is 13.1 Å². The Balaban J connectivity index is 1.57. The van der Waals surface area contributed by atoms with Crippen molar-refractivity contribution in [1.29, 1.82) is 0 Å². The molecule has 0 saturated carbocycles. The van der Waals surface area contributed by atoms with Crippen LogP contribution in [0.15, 0.2) is 57.9 Å². The Morgan fingerprint density at radius 1 is 0.889 bits per heavy atom. The first-order valence-corrected chi connectivity index (χ1v) is 10.2. The fourth-order valence-corrected chi connectivity index (χ4v) is 4.60. The van der Waals surface area contributed by atoms with Crippen LogP contribution in [-0.2, 0) is 10.0 Å². The molecule has 2 aromatic carbocycles. The first-order chi connectivity index (χ1) is 13.0. The van der Waals surface area contributed by atoms with Gasteiger partial charge in [0.1, 0.15) is 5.82 Å². The van der Waals surface area contributed by atoms with Crippen LogP contribution in [-0.4, -0.2) is 36.0 Å². The first kappa shape index (κ1) is 17.8. The molecule has 1 aliphatic heterocycles. The number of rotatable bonds is 4. The molecule has 1 saturated heterocycles. The number of hydrogen-bond donors (Lipinski definition) is 0. The van der Waals surface area contributed by atoms with Crippen molar-refractivity contribution < 1.29 is 17.3 Å². The molecule has 0 aliphatic carbocycles. The highest BCUT2D eigenvalue weighted by atomic mass is 32.2. The van der Waals surface area contributed by atoms with E-state index in [0.717, 1.165) is 19.3 Å². The Bertz CT molecular complexity index is 1020. The Labute approximate surface area is 156 Å². The van der Waals surface area contributed by atoms with E-state index < -0.39 is 10.0 Å². The van der Waals surface area contributed by atoms with Crippen molar-refractivity contribution in [2.24, 2.45) is 0 Å². The predicted octanol–water partition coefficient (Wildman–Crippen LogP) is 3.72. The van der Waals surface area contributed by atoms with Gasteiger partial charge >= 0.3 is 0 Å². The van der Waals surface area contributed by atoms with Gasteiger partial charge in [-0.3, -0.25) is 0 Å². The average molecular weight is 387 g/mol. The average Bonchev–Trinajstić information content (AvgIpc) is 3.19. The fourth-order valence-electron chi connectivity index (χ4n) is 3.08. The maximum atomic E-state index is 13.0. The molecule has 0 spiro atoms. The molecule has 3 aromatic rings. The summed E-state index contributed by atoms with van der Waals surface area (Å²) < 4.78 is 45.2. The summed E-state index contributed by atoms with van der Waals surface area (Å²) in [6.45, 7) is 1.13. The summed E-state index contributed by atoms with van der Waals surface area (Å²) in [6.07, 6.45) is 2.86. The largest absolute Gasteiger partial charge is 0.334 e. The highest BCUT2D eigenvalue weighted by molar-refractivity contribution is 7.89. The standard InChI is InChI=1S/C19H18FN3O3S/c20-16-8-4-15(5-9-16)19-21-18(22-26-19)14-6-10-17(11-7-14)27(24,25)23-12-2-1-3-13-23/h4-11H,1-3,12-13H2. The Hall–Kier alpha value is -2.58. The van der Waals surface area contributed by atoms with E-state index >= 15 is 0 Å². The molecule has 1 aliphatic rings. The van der Waals surface area contributed by atoms with E-state index in [9.17, 15) is 12.8 Å². The quantitative estimate of drug-likeness (QED) is 0.682. The van der Waals surface area contributed by atoms with Crippen LogP contribution in [0.1, 0.15) is 19.3 Å². The predicted molar refractivity (Wildman–Crippen MR) is 97.7 cm³/mol. The molecule has 0 radical (unpaired) electrons. The van der Waals surface area contributed by atoms with Crippen LogP contribution < -0.4 is 0 Å². The van der Waals surface area contributed by atoms with Crippen LogP contribution in [0.25, 0.3) is 22.8 Å². The summed E-state index contributed by atoms with van der Waals surface area (Å²) >= 11 is 0. The number of sulfonamides is 1. The molecule has 0 bridgehead atoms. The van der Waals surface area contributed by atoms with E-state index in [4.69, 9.17) is 4.52 Å². The Morgan fingerprint density at radius 2 is 1.52 bits per heavy atom. The van der Waals surface area contributed by atoms with E-state index in [1.807, 2.05) is 0 Å². The van der Waals surface area contributed by atoms with Crippen LogP contribution in [0.3, 0.4) is 0 Å². The summed E-state index contributed by atoms with van der Waals surface area (Å²) in [5, 5.41) is 3.93. The highest BCUT2D eigenvalue weighted by Crippen LogP contribution is 2.25. The van der Waals surface area contributed by atoms with E-state index in [1.54, 1.807) is 36.4 Å². The normalized spacial score (nSPS) is 15.7. The van der Waals surface area contributed by atoms with Gasteiger partial charge in [0.25, 0.3) is 5.89 Å². The number of halogens is 1. The number of benzene rings is 2. The lowest BCUT2D eigenvalue weighted by Crippen LogP contribution is -2.35. The summed E-state index contributed by atoms with van der Waals surface area (Å²) in [5.41, 5.74) is 1.25. The number of aromatic nitrogens is 2. The van der Waals surface area contributed by atoms with Crippen molar-refractivity contribution in [3.63, 3.8) is 0 Å². The minimum absolute atomic E-state index is 0.260. The molecule has 0 N–H and O–H groups in total. The van der Waals surface area contributed by atoms with E-state index in [1.165, 1.54) is 16.4 Å². The van der Waals surface area contributed by atoms with Crippen molar-refractivity contribution in [1.82, 2.24) is 14.4 Å². The van der Waals surface area contributed by atoms with Gasteiger partial charge in [-0.1, -0.05) is 11.6 Å². The second-order valence-electron chi connectivity index (χ2n) is 6.42. The smallest absolute Gasteiger partial charge is 0.258 e. The second-order valence-corrected chi connectivity index (χ2v) is 8.36. The molecule has 0 amide bonds. The summed E-state index contributed by atoms with van der Waals surface area (Å²) in [6, 6.07) is 12.2. The molecule has 1 fully saturated rings. The third-order valence-electron chi connectivity index (χ3n) is 4.58. The second kappa shape index (κ2) is 7.21. The van der Waals surface area contributed by atoms with E-state index in [0.29, 0.717) is 30.0 Å². The number of nitrogens with zero attached hydrogens (tertiary/aromatic N) is 3. The Kier molecular flexibility index (Phi) is 4.75. The van der Waals surface area contributed by atoms with Crippen molar-refractivity contribution in [3.05, 3.63) is 54.3 Å². The zero-order valence-electron chi connectivity index (χ0n) is 14.5. The van der Waals surface area contributed by atoms with Gasteiger partial charge in [-0.05, 0) is 61.4 Å². The summed E-state index contributed by atoms with van der Waals surface area (Å²) in [7, 11) is -3.47. The third-order valence-corrected chi connectivity index (χ3v) is 6.50. The molecule has 140 valence electrons. The maximum Gasteiger partial charge on any atom is 0.258 e. The molecule has 6 nitrogen and oxygen atoms in total. The molecule has 2 heterocycles. The SMILES string of the molecule is O=S(=O)(c1ccc(-c2noc(-c3ccc(F)cc3)n2)cc1)N1CCCCC1. The molecule has 4 rings (SSSR count). The van der Waals surface area contributed by atoms with Gasteiger partial charge in [-0.2, -0.15) is 9.29 Å². The van der Waals surface area contributed by atoms with Crippen LogP contribution in [0, 0.1) is 5.82 Å². The lowest BCUT2D eigenvalue weighted by atomic mass is 10.2. The molecule has 0 unspecified atom stereocenters. The van der Waals surface area contributed by atoms with Gasteiger partial charge in [0.2, 0.25) is 15.8 Å². The third kappa shape index (κ3) is 3.63. The molecule has 8 heteroatoms. The summed E-state index contributed by atoms with van der Waals surface area (Å²) in [5.74, 6) is 0.273. The van der Waals surface area contributed by atoms with Gasteiger partial charge in [-0.25, -0.2) is 12.8 Å². The van der Waals surface area contributed by atoms with Crippen LogP contribution >= 0.6 is 0 Å². The number of piperidine rings is 1. The van der Waals surface area contributed by atoms with Gasteiger partial charge in [-0.15, -0.1) is 0 Å². The van der Waals surface area contributed by atoms with E-state index in [2.05, 4.69) is 10.1 Å². The molecule has 27 heavy (non-hydrogen) atoms. The van der Waals surface area contributed by atoms with Crippen LogP contribution in [0.2, 0.25) is 0 Å². The molecule has 0 atom stereocenters. The first-order valence-electron chi connectivity index (χ1n) is 8.74. The van der Waals surface area contributed by atoms with Crippen LogP contribution in [0.4, 0.5) is 4.39 Å². The minimum atomic E-state index is -3.47. The highest BCUT2D eigenvalue weighted by Gasteiger charge is 2.25. The fraction of sp³-hybridized carbons (Fsp3) is 0.263. The maximum absolute atomic E-state index is 13.0. The van der Waals surface area contributed by atoms with Gasteiger partial charge in [0.05, 0.1) is 4.90 Å². The molecular weight excluding hydrogens is 369 g/mol. The van der Waals surface area contributed by atoms with Crippen molar-refractivity contribution in [2.45, 2.75) is 24.2 Å². The van der Waals surface area contributed by atoms with E-state index in [-0.39, 0.29) is 16.6 Å². The van der Waals surface area contributed by atoms with Gasteiger partial charge in [0.15, 0.2) is 0 Å². The number of hydrogen-bond acceptors (Lipinski definition) is 5. The molecular formula is C19H18FN3O3S. The zero-order valence-corrected chi connectivity index (χ0v) is 15.3. The topological polar surface area (TPSA) is 76.3 Å². The summed E-state index contributed by atoms with van der Waals surface area (Å²) in [4.78, 5) is 4.56. The lowest BCUT2D eigenvalue weighted by Gasteiger charge is -2.25.